The van der Waals surface area contributed by atoms with Crippen LogP contribution in [0.5, 0.6) is 5.75 Å². The van der Waals surface area contributed by atoms with Gasteiger partial charge in [-0.1, -0.05) is 23.7 Å². The van der Waals surface area contributed by atoms with Crippen molar-refractivity contribution in [2.75, 3.05) is 12.4 Å². The van der Waals surface area contributed by atoms with Crippen LogP contribution in [-0.2, 0) is 0 Å². The van der Waals surface area contributed by atoms with Crippen LogP contribution >= 0.6 is 27.5 Å². The molecule has 1 N–H and O–H groups in total. The number of rotatable bonds is 4. The van der Waals surface area contributed by atoms with Crippen LogP contribution in [0, 0.1) is 11.3 Å². The van der Waals surface area contributed by atoms with Gasteiger partial charge in [0.1, 0.15) is 0 Å². The van der Waals surface area contributed by atoms with Crippen molar-refractivity contribution in [3.63, 3.8) is 0 Å². The van der Waals surface area contributed by atoms with E-state index in [0.717, 1.165) is 15.7 Å². The number of hydrogen-bond acceptors (Lipinski definition) is 3. The molecular formula is C16H14BrClN2O. The summed E-state index contributed by atoms with van der Waals surface area (Å²) in [5, 5.41) is 13.0. The first-order valence-corrected chi connectivity index (χ1v) is 7.52. The van der Waals surface area contributed by atoms with Gasteiger partial charge < -0.3 is 10.1 Å². The van der Waals surface area contributed by atoms with Gasteiger partial charge in [-0.2, -0.15) is 5.26 Å². The number of nitrogens with one attached hydrogen (secondary N) is 1. The first kappa shape index (κ1) is 15.7. The van der Waals surface area contributed by atoms with Gasteiger partial charge in [0.15, 0.2) is 5.75 Å². The Hall–Kier alpha value is -1.70. The molecule has 1 unspecified atom stereocenters. The number of nitrogens with zero attached hydrogens (tertiary/aromatic N) is 1. The van der Waals surface area contributed by atoms with E-state index in [-0.39, 0.29) is 6.04 Å². The zero-order valence-corrected chi connectivity index (χ0v) is 14.0. The van der Waals surface area contributed by atoms with Gasteiger partial charge in [0.2, 0.25) is 0 Å². The van der Waals surface area contributed by atoms with Gasteiger partial charge in [-0.05, 0) is 52.7 Å². The zero-order chi connectivity index (χ0) is 15.4. The summed E-state index contributed by atoms with van der Waals surface area (Å²) in [6.07, 6.45) is 0. The van der Waals surface area contributed by atoms with Crippen molar-refractivity contribution in [2.24, 2.45) is 0 Å². The number of halogens is 2. The highest BCUT2D eigenvalue weighted by molar-refractivity contribution is 9.10. The zero-order valence-electron chi connectivity index (χ0n) is 11.7. The maximum Gasteiger partial charge on any atom is 0.156 e. The topological polar surface area (TPSA) is 45.0 Å². The highest BCUT2D eigenvalue weighted by atomic mass is 79.9. The van der Waals surface area contributed by atoms with Gasteiger partial charge in [0.25, 0.3) is 0 Å². The summed E-state index contributed by atoms with van der Waals surface area (Å²) in [6.45, 7) is 2.02. The second kappa shape index (κ2) is 6.84. The summed E-state index contributed by atoms with van der Waals surface area (Å²) in [7, 11) is 1.61. The van der Waals surface area contributed by atoms with Gasteiger partial charge in [-0.3, -0.25) is 0 Å². The lowest BCUT2D eigenvalue weighted by atomic mass is 10.1. The van der Waals surface area contributed by atoms with Crippen LogP contribution in [0.25, 0.3) is 0 Å². The van der Waals surface area contributed by atoms with Crippen molar-refractivity contribution in [1.29, 1.82) is 5.26 Å². The van der Waals surface area contributed by atoms with E-state index in [0.29, 0.717) is 16.3 Å². The predicted molar refractivity (Wildman–Crippen MR) is 88.9 cm³/mol. The standard InChI is InChI=1S/C16H14BrClN2O/c1-10(12-5-3-4-11(6-12)9-19)20-15-8-13(18)7-14(17)16(15)21-2/h3-8,10,20H,1-2H3. The molecule has 5 heteroatoms. The average Bonchev–Trinajstić information content (AvgIpc) is 2.47. The molecule has 2 rings (SSSR count). The minimum atomic E-state index is 0.0116. The Kier molecular flexibility index (Phi) is 5.11. The fraction of sp³-hybridized carbons (Fsp3) is 0.188. The largest absolute Gasteiger partial charge is 0.493 e. The lowest BCUT2D eigenvalue weighted by Crippen LogP contribution is -2.08. The summed E-state index contributed by atoms with van der Waals surface area (Å²) in [6, 6.07) is 13.3. The highest BCUT2D eigenvalue weighted by Crippen LogP contribution is 2.37. The molecule has 0 aliphatic heterocycles. The van der Waals surface area contributed by atoms with Crippen molar-refractivity contribution in [1.82, 2.24) is 0 Å². The molecule has 0 saturated carbocycles. The van der Waals surface area contributed by atoms with Crippen LogP contribution in [0.3, 0.4) is 0 Å². The lowest BCUT2D eigenvalue weighted by Gasteiger charge is -2.19. The fourth-order valence-corrected chi connectivity index (χ4v) is 3.04. The number of methoxy groups -OCH3 is 1. The van der Waals surface area contributed by atoms with E-state index in [1.165, 1.54) is 0 Å². The van der Waals surface area contributed by atoms with Crippen LogP contribution in [0.1, 0.15) is 24.1 Å². The van der Waals surface area contributed by atoms with Crippen LogP contribution in [-0.4, -0.2) is 7.11 Å². The van der Waals surface area contributed by atoms with Gasteiger partial charge in [-0.15, -0.1) is 0 Å². The molecule has 108 valence electrons. The number of hydrogen-bond donors (Lipinski definition) is 1. The van der Waals surface area contributed by atoms with Gasteiger partial charge in [0.05, 0.1) is 28.9 Å². The van der Waals surface area contributed by atoms with Crippen molar-refractivity contribution < 1.29 is 4.74 Å². The first-order chi connectivity index (χ1) is 10.0. The van der Waals surface area contributed by atoms with Crippen molar-refractivity contribution in [3.8, 4) is 11.8 Å². The van der Waals surface area contributed by atoms with Crippen LogP contribution < -0.4 is 10.1 Å². The quantitative estimate of drug-likeness (QED) is 0.814. The number of anilines is 1. The third-order valence-electron chi connectivity index (χ3n) is 3.10. The van der Waals surface area contributed by atoms with E-state index in [1.54, 1.807) is 19.2 Å². The third-order valence-corrected chi connectivity index (χ3v) is 3.91. The summed E-state index contributed by atoms with van der Waals surface area (Å²) < 4.78 is 6.18. The smallest absolute Gasteiger partial charge is 0.156 e. The molecule has 2 aromatic carbocycles. The highest BCUT2D eigenvalue weighted by Gasteiger charge is 2.13. The number of nitriles is 1. The first-order valence-electron chi connectivity index (χ1n) is 6.34. The minimum Gasteiger partial charge on any atom is -0.493 e. The summed E-state index contributed by atoms with van der Waals surface area (Å²) >= 11 is 9.52. The second-order valence-corrected chi connectivity index (χ2v) is 5.86. The van der Waals surface area contributed by atoms with E-state index in [4.69, 9.17) is 21.6 Å². The molecule has 2 aromatic rings. The maximum atomic E-state index is 8.97. The van der Waals surface area contributed by atoms with Crippen molar-refractivity contribution >= 4 is 33.2 Å². The fourth-order valence-electron chi connectivity index (χ4n) is 2.07. The van der Waals surface area contributed by atoms with Crippen LogP contribution in [0.4, 0.5) is 5.69 Å². The Bertz CT molecular complexity index is 697. The molecule has 1 atom stereocenters. The Morgan fingerprint density at radius 3 is 2.76 bits per heavy atom. The second-order valence-electron chi connectivity index (χ2n) is 4.57. The molecular weight excluding hydrogens is 352 g/mol. The molecule has 0 aliphatic carbocycles. The molecule has 0 radical (unpaired) electrons. The Balaban J connectivity index is 2.31. The normalized spacial score (nSPS) is 11.6. The van der Waals surface area contributed by atoms with Gasteiger partial charge in [-0.25, -0.2) is 0 Å². The molecule has 0 amide bonds. The molecule has 0 saturated heterocycles. The van der Waals surface area contributed by atoms with E-state index >= 15 is 0 Å². The molecule has 0 fully saturated rings. The van der Waals surface area contributed by atoms with Crippen LogP contribution in [0.2, 0.25) is 5.02 Å². The molecule has 0 aliphatic rings. The van der Waals surface area contributed by atoms with Crippen molar-refractivity contribution in [2.45, 2.75) is 13.0 Å². The van der Waals surface area contributed by atoms with E-state index < -0.39 is 0 Å². The van der Waals surface area contributed by atoms with Gasteiger partial charge in [0, 0.05) is 11.1 Å². The van der Waals surface area contributed by atoms with E-state index in [9.17, 15) is 0 Å². The van der Waals surface area contributed by atoms with E-state index in [1.807, 2.05) is 31.2 Å². The molecule has 0 heterocycles. The minimum absolute atomic E-state index is 0.0116. The molecule has 0 spiro atoms. The molecule has 0 aromatic heterocycles. The summed E-state index contributed by atoms with van der Waals surface area (Å²) in [5.74, 6) is 0.697. The monoisotopic (exact) mass is 364 g/mol. The third kappa shape index (κ3) is 3.69. The molecule has 21 heavy (non-hydrogen) atoms. The van der Waals surface area contributed by atoms with E-state index in [2.05, 4.69) is 27.3 Å². The number of benzene rings is 2. The molecule has 0 bridgehead atoms. The average molecular weight is 366 g/mol. The van der Waals surface area contributed by atoms with Gasteiger partial charge >= 0.3 is 0 Å². The predicted octanol–water partition coefficient (Wildman–Crippen LogP) is 5.16. The summed E-state index contributed by atoms with van der Waals surface area (Å²) in [4.78, 5) is 0. The molecule has 3 nitrogen and oxygen atoms in total. The maximum absolute atomic E-state index is 8.97. The Labute approximate surface area is 137 Å². The Morgan fingerprint density at radius 2 is 2.10 bits per heavy atom. The SMILES string of the molecule is COc1c(Br)cc(Cl)cc1NC(C)c1cccc(C#N)c1. The lowest BCUT2D eigenvalue weighted by molar-refractivity contribution is 0.413. The van der Waals surface area contributed by atoms with Crippen molar-refractivity contribution in [3.05, 3.63) is 57.0 Å². The summed E-state index contributed by atoms with van der Waals surface area (Å²) in [5.41, 5.74) is 2.46. The van der Waals surface area contributed by atoms with Crippen LogP contribution in [0.15, 0.2) is 40.9 Å². The number of ether oxygens (including phenoxy) is 1. The Morgan fingerprint density at radius 1 is 1.33 bits per heavy atom.